The highest BCUT2D eigenvalue weighted by Crippen LogP contribution is 2.21. The number of rotatable bonds is 6. The minimum Gasteiger partial charge on any atom is -0.390 e. The van der Waals surface area contributed by atoms with Gasteiger partial charge in [-0.25, -0.2) is 8.78 Å². The Morgan fingerprint density at radius 2 is 1.90 bits per heavy atom. The Labute approximate surface area is 171 Å². The van der Waals surface area contributed by atoms with E-state index in [1.54, 1.807) is 35.2 Å². The largest absolute Gasteiger partial charge is 0.390 e. The number of carbonyl (C=O) groups is 1. The lowest BCUT2D eigenvalue weighted by molar-refractivity contribution is 0.0408. The summed E-state index contributed by atoms with van der Waals surface area (Å²) in [6.45, 7) is 0.541. The van der Waals surface area contributed by atoms with E-state index in [0.717, 1.165) is 0 Å². The fourth-order valence-electron chi connectivity index (χ4n) is 3.24. The fourth-order valence-corrected chi connectivity index (χ4v) is 3.93. The summed E-state index contributed by atoms with van der Waals surface area (Å²) in [5, 5.41) is 5.92. The Morgan fingerprint density at radius 1 is 1.10 bits per heavy atom. The van der Waals surface area contributed by atoms with E-state index in [9.17, 15) is 13.6 Å². The second kappa shape index (κ2) is 8.53. The Kier molecular flexibility index (Phi) is 5.67. The molecule has 1 atom stereocenters. The van der Waals surface area contributed by atoms with Crippen LogP contribution in [0.3, 0.4) is 0 Å². The van der Waals surface area contributed by atoms with Gasteiger partial charge in [-0.1, -0.05) is 35.5 Å². The minimum absolute atomic E-state index is 0.146. The summed E-state index contributed by atoms with van der Waals surface area (Å²) in [7, 11) is 0. The molecule has 0 spiro atoms. The molecule has 1 aliphatic heterocycles. The lowest BCUT2D eigenvalue weighted by atomic mass is 10.0. The number of hydrogen-bond acceptors (Lipinski definition) is 4. The zero-order valence-corrected chi connectivity index (χ0v) is 16.2. The molecule has 0 saturated carbocycles. The highest BCUT2D eigenvalue weighted by molar-refractivity contribution is 7.12. The molecule has 1 unspecified atom stereocenters. The van der Waals surface area contributed by atoms with E-state index in [2.05, 4.69) is 5.16 Å². The number of hydrogen-bond donors (Lipinski definition) is 0. The molecule has 0 saturated heterocycles. The molecule has 0 aliphatic carbocycles. The molecule has 1 aromatic heterocycles. The molecule has 3 aromatic rings. The van der Waals surface area contributed by atoms with Gasteiger partial charge in [0.25, 0.3) is 5.91 Å². The number of carbonyl (C=O) groups excluding carboxylic acids is 1. The maximum atomic E-state index is 13.6. The number of amides is 1. The van der Waals surface area contributed by atoms with Gasteiger partial charge in [0.1, 0.15) is 11.6 Å². The second-order valence-corrected chi connectivity index (χ2v) is 7.72. The topological polar surface area (TPSA) is 41.9 Å². The van der Waals surface area contributed by atoms with Crippen molar-refractivity contribution in [3.05, 3.63) is 93.7 Å². The first-order valence-electron chi connectivity index (χ1n) is 9.14. The summed E-state index contributed by atoms with van der Waals surface area (Å²) in [6.07, 6.45) is 0.103. The monoisotopic (exact) mass is 412 g/mol. The van der Waals surface area contributed by atoms with Gasteiger partial charge in [-0.05, 0) is 41.3 Å². The maximum Gasteiger partial charge on any atom is 0.264 e. The van der Waals surface area contributed by atoms with Crippen LogP contribution in [0.1, 0.15) is 27.2 Å². The maximum absolute atomic E-state index is 13.6. The molecular formula is C22H18F2N2O2S. The first-order valence-corrected chi connectivity index (χ1v) is 10.0. The number of oxime groups is 1. The van der Waals surface area contributed by atoms with Crippen LogP contribution in [0, 0.1) is 11.6 Å². The SMILES string of the molecule is O=C(c1cccs1)N(Cc1cccc(F)c1)CC1CC(c2cccc(F)c2)=NO1. The third-order valence-corrected chi connectivity index (χ3v) is 5.45. The van der Waals surface area contributed by atoms with Crippen LogP contribution in [0.25, 0.3) is 0 Å². The molecule has 4 rings (SSSR count). The van der Waals surface area contributed by atoms with E-state index in [-0.39, 0.29) is 36.7 Å². The average Bonchev–Trinajstić information content (AvgIpc) is 3.39. The summed E-state index contributed by atoms with van der Waals surface area (Å²) in [5.41, 5.74) is 2.00. The number of halogens is 2. The summed E-state index contributed by atoms with van der Waals surface area (Å²) in [5.74, 6) is -0.832. The predicted octanol–water partition coefficient (Wildman–Crippen LogP) is 4.86. The Morgan fingerprint density at radius 3 is 2.62 bits per heavy atom. The van der Waals surface area contributed by atoms with Crippen molar-refractivity contribution in [1.82, 2.24) is 4.90 Å². The van der Waals surface area contributed by atoms with E-state index in [1.165, 1.54) is 35.6 Å². The van der Waals surface area contributed by atoms with Crippen LogP contribution < -0.4 is 0 Å². The van der Waals surface area contributed by atoms with Gasteiger partial charge in [0.15, 0.2) is 6.10 Å². The van der Waals surface area contributed by atoms with Gasteiger partial charge in [0.05, 0.1) is 17.1 Å². The van der Waals surface area contributed by atoms with Crippen LogP contribution in [0.15, 0.2) is 71.2 Å². The zero-order chi connectivity index (χ0) is 20.2. The molecule has 0 N–H and O–H groups in total. The molecule has 29 heavy (non-hydrogen) atoms. The lowest BCUT2D eigenvalue weighted by Gasteiger charge is -2.24. The molecule has 7 heteroatoms. The first-order chi connectivity index (χ1) is 14.1. The molecule has 0 fully saturated rings. The van der Waals surface area contributed by atoms with Gasteiger partial charge in [-0.2, -0.15) is 0 Å². The summed E-state index contributed by atoms with van der Waals surface area (Å²) < 4.78 is 27.1. The van der Waals surface area contributed by atoms with Gasteiger partial charge >= 0.3 is 0 Å². The van der Waals surface area contributed by atoms with Gasteiger partial charge in [-0.3, -0.25) is 4.79 Å². The van der Waals surface area contributed by atoms with E-state index in [4.69, 9.17) is 4.84 Å². The van der Waals surface area contributed by atoms with Crippen molar-refractivity contribution >= 4 is 23.0 Å². The normalized spacial score (nSPS) is 15.7. The highest BCUT2D eigenvalue weighted by Gasteiger charge is 2.28. The molecule has 4 nitrogen and oxygen atoms in total. The minimum atomic E-state index is -0.356. The standard InChI is InChI=1S/C22H18F2N2O2S/c23-17-6-1-4-15(10-17)13-26(22(27)21-8-3-9-29-21)14-19-12-20(25-28-19)16-5-2-7-18(24)11-16/h1-11,19H,12-14H2. The molecule has 148 valence electrons. The van der Waals surface area contributed by atoms with Crippen molar-refractivity contribution in [3.8, 4) is 0 Å². The summed E-state index contributed by atoms with van der Waals surface area (Å²) in [4.78, 5) is 20.7. The van der Waals surface area contributed by atoms with E-state index < -0.39 is 0 Å². The van der Waals surface area contributed by atoms with Crippen LogP contribution in [0.5, 0.6) is 0 Å². The van der Waals surface area contributed by atoms with Crippen LogP contribution in [-0.2, 0) is 11.4 Å². The van der Waals surface area contributed by atoms with Crippen molar-refractivity contribution < 1.29 is 18.4 Å². The van der Waals surface area contributed by atoms with Crippen molar-refractivity contribution in [2.24, 2.45) is 5.16 Å². The Hall–Kier alpha value is -3.06. The van der Waals surface area contributed by atoms with Crippen LogP contribution >= 0.6 is 11.3 Å². The number of nitrogens with zero attached hydrogens (tertiary/aromatic N) is 2. The van der Waals surface area contributed by atoms with Gasteiger partial charge < -0.3 is 9.74 Å². The molecule has 1 amide bonds. The first kappa shape index (κ1) is 19.3. The third kappa shape index (κ3) is 4.68. The van der Waals surface area contributed by atoms with Crippen LogP contribution in [0.2, 0.25) is 0 Å². The smallest absolute Gasteiger partial charge is 0.264 e. The molecule has 1 aliphatic rings. The van der Waals surface area contributed by atoms with Crippen LogP contribution in [0.4, 0.5) is 8.78 Å². The molecular weight excluding hydrogens is 394 g/mol. The fraction of sp³-hybridized carbons (Fsp3) is 0.182. The lowest BCUT2D eigenvalue weighted by Crippen LogP contribution is -2.37. The quantitative estimate of drug-likeness (QED) is 0.580. The van der Waals surface area contributed by atoms with Gasteiger partial charge in [-0.15, -0.1) is 11.3 Å². The molecule has 2 aromatic carbocycles. The molecule has 2 heterocycles. The highest BCUT2D eigenvalue weighted by atomic mass is 32.1. The second-order valence-electron chi connectivity index (χ2n) is 6.77. The van der Waals surface area contributed by atoms with Crippen molar-refractivity contribution in [1.29, 1.82) is 0 Å². The predicted molar refractivity (Wildman–Crippen MR) is 108 cm³/mol. The summed E-state index contributed by atoms with van der Waals surface area (Å²) >= 11 is 1.35. The van der Waals surface area contributed by atoms with Gasteiger partial charge in [0.2, 0.25) is 0 Å². The van der Waals surface area contributed by atoms with Gasteiger partial charge in [0, 0.05) is 18.5 Å². The van der Waals surface area contributed by atoms with E-state index >= 15 is 0 Å². The zero-order valence-electron chi connectivity index (χ0n) is 15.4. The van der Waals surface area contributed by atoms with Crippen molar-refractivity contribution in [2.75, 3.05) is 6.54 Å². The van der Waals surface area contributed by atoms with Crippen molar-refractivity contribution in [2.45, 2.75) is 19.1 Å². The molecule has 0 radical (unpaired) electrons. The van der Waals surface area contributed by atoms with Crippen molar-refractivity contribution in [3.63, 3.8) is 0 Å². The third-order valence-electron chi connectivity index (χ3n) is 4.60. The van der Waals surface area contributed by atoms with E-state index in [0.29, 0.717) is 28.1 Å². The number of benzene rings is 2. The number of thiophene rings is 1. The van der Waals surface area contributed by atoms with Crippen LogP contribution in [-0.4, -0.2) is 29.2 Å². The summed E-state index contributed by atoms with van der Waals surface area (Å²) in [6, 6.07) is 15.9. The average molecular weight is 412 g/mol. The Balaban J connectivity index is 1.49. The van der Waals surface area contributed by atoms with E-state index in [1.807, 2.05) is 11.4 Å². The molecule has 0 bridgehead atoms. The Bertz CT molecular complexity index is 1040.